The lowest BCUT2D eigenvalue weighted by molar-refractivity contribution is -0.683. The van der Waals surface area contributed by atoms with Crippen molar-refractivity contribution in [1.82, 2.24) is 4.98 Å². The summed E-state index contributed by atoms with van der Waals surface area (Å²) in [5.41, 5.74) is 0.493. The molecule has 1 aromatic carbocycles. The van der Waals surface area contributed by atoms with Crippen molar-refractivity contribution < 1.29 is 18.9 Å². The number of halogens is 3. The standard InChI is InChI=1S/C14H10Cl3N2O3/c15-14(16,17)22-13(21)11-8-19(7-6-18-11)9-12(20)10-4-2-1-3-5-10/h1-8H,9H2/q+1. The molecule has 0 aliphatic rings. The molecule has 0 atom stereocenters. The Morgan fingerprint density at radius 3 is 2.50 bits per heavy atom. The van der Waals surface area contributed by atoms with Crippen molar-refractivity contribution in [2.45, 2.75) is 10.5 Å². The Balaban J connectivity index is 2.12. The number of ketones is 1. The lowest BCUT2D eigenvalue weighted by Crippen LogP contribution is -2.38. The van der Waals surface area contributed by atoms with Gasteiger partial charge in [-0.3, -0.25) is 4.79 Å². The Labute approximate surface area is 141 Å². The fourth-order valence-electron chi connectivity index (χ4n) is 1.68. The number of carbonyl (C=O) groups is 2. The minimum Gasteiger partial charge on any atom is -0.410 e. The molecule has 1 heterocycles. The summed E-state index contributed by atoms with van der Waals surface area (Å²) in [5, 5.41) is 0. The molecule has 2 aromatic rings. The van der Waals surface area contributed by atoms with Crippen LogP contribution in [0.25, 0.3) is 0 Å². The van der Waals surface area contributed by atoms with Gasteiger partial charge in [-0.2, -0.15) is 4.57 Å². The monoisotopic (exact) mass is 359 g/mol. The molecule has 0 N–H and O–H groups in total. The molecular formula is C14H10Cl3N2O3+. The van der Waals surface area contributed by atoms with Crippen LogP contribution >= 0.6 is 34.8 Å². The molecule has 0 amide bonds. The maximum atomic E-state index is 12.1. The maximum absolute atomic E-state index is 12.1. The van der Waals surface area contributed by atoms with Crippen LogP contribution in [0, 0.1) is 0 Å². The fourth-order valence-corrected chi connectivity index (χ4v) is 1.89. The Morgan fingerprint density at radius 2 is 1.86 bits per heavy atom. The van der Waals surface area contributed by atoms with Crippen LogP contribution in [0.3, 0.4) is 0 Å². The van der Waals surface area contributed by atoms with Gasteiger partial charge in [-0.05, 0) is 34.8 Å². The molecule has 5 nitrogen and oxygen atoms in total. The van der Waals surface area contributed by atoms with Gasteiger partial charge in [0.2, 0.25) is 24.2 Å². The van der Waals surface area contributed by atoms with Crippen LogP contribution in [0.5, 0.6) is 0 Å². The molecule has 8 heteroatoms. The average Bonchev–Trinajstić information content (AvgIpc) is 2.46. The van der Waals surface area contributed by atoms with Crippen LogP contribution in [-0.4, -0.2) is 20.7 Å². The van der Waals surface area contributed by atoms with E-state index in [0.717, 1.165) is 0 Å². The number of aromatic nitrogens is 2. The van der Waals surface area contributed by atoms with Crippen LogP contribution in [0.1, 0.15) is 20.8 Å². The predicted molar refractivity (Wildman–Crippen MR) is 80.9 cm³/mol. The first-order valence-corrected chi connectivity index (χ1v) is 7.22. The highest BCUT2D eigenvalue weighted by Crippen LogP contribution is 2.28. The Bertz CT molecular complexity index is 687. The quantitative estimate of drug-likeness (QED) is 0.364. The number of carbonyl (C=O) groups excluding carboxylic acids is 2. The highest BCUT2D eigenvalue weighted by molar-refractivity contribution is 6.66. The van der Waals surface area contributed by atoms with E-state index in [1.165, 1.54) is 17.0 Å². The first-order valence-electron chi connectivity index (χ1n) is 6.08. The topological polar surface area (TPSA) is 60.1 Å². The van der Waals surface area contributed by atoms with Gasteiger partial charge in [-0.1, -0.05) is 30.3 Å². The molecule has 0 aliphatic heterocycles. The van der Waals surface area contributed by atoms with E-state index in [-0.39, 0.29) is 18.0 Å². The second kappa shape index (κ2) is 7.05. The highest BCUT2D eigenvalue weighted by atomic mass is 35.6. The molecule has 0 bridgehead atoms. The molecule has 22 heavy (non-hydrogen) atoms. The van der Waals surface area contributed by atoms with Crippen molar-refractivity contribution in [3.63, 3.8) is 0 Å². The summed E-state index contributed by atoms with van der Waals surface area (Å²) in [6.07, 6.45) is 4.25. The number of alkyl halides is 3. The molecule has 2 rings (SSSR count). The van der Waals surface area contributed by atoms with Gasteiger partial charge in [0.1, 0.15) is 0 Å². The second-order valence-electron chi connectivity index (χ2n) is 4.24. The summed E-state index contributed by atoms with van der Waals surface area (Å²) >= 11 is 16.1. The number of rotatable bonds is 4. The predicted octanol–water partition coefficient (Wildman–Crippen LogP) is 2.74. The summed E-state index contributed by atoms with van der Waals surface area (Å²) in [6.45, 7) is 0.0422. The van der Waals surface area contributed by atoms with Crippen molar-refractivity contribution in [3.05, 3.63) is 60.2 Å². The summed E-state index contributed by atoms with van der Waals surface area (Å²) in [4.78, 5) is 27.7. The maximum Gasteiger partial charge on any atom is 0.366 e. The highest BCUT2D eigenvalue weighted by Gasteiger charge is 2.28. The van der Waals surface area contributed by atoms with Crippen molar-refractivity contribution >= 4 is 46.6 Å². The first-order chi connectivity index (χ1) is 10.3. The van der Waals surface area contributed by atoms with Crippen molar-refractivity contribution in [2.75, 3.05) is 0 Å². The number of benzene rings is 1. The van der Waals surface area contributed by atoms with Gasteiger partial charge in [0.15, 0.2) is 6.20 Å². The number of hydrogen-bond acceptors (Lipinski definition) is 4. The molecule has 0 unspecified atom stereocenters. The van der Waals surface area contributed by atoms with Gasteiger partial charge < -0.3 is 4.74 Å². The van der Waals surface area contributed by atoms with Gasteiger partial charge in [-0.15, -0.1) is 0 Å². The molecule has 0 saturated heterocycles. The lowest BCUT2D eigenvalue weighted by Gasteiger charge is -2.10. The third-order valence-corrected chi connectivity index (χ3v) is 2.83. The fraction of sp³-hybridized carbons (Fsp3) is 0.143. The zero-order valence-corrected chi connectivity index (χ0v) is 13.3. The first kappa shape index (κ1) is 16.7. The molecule has 1 aromatic heterocycles. The van der Waals surface area contributed by atoms with Crippen LogP contribution in [0.15, 0.2) is 48.9 Å². The normalized spacial score (nSPS) is 11.0. The van der Waals surface area contributed by atoms with E-state index in [9.17, 15) is 9.59 Å². The van der Waals surface area contributed by atoms with E-state index >= 15 is 0 Å². The third-order valence-electron chi connectivity index (χ3n) is 2.60. The van der Waals surface area contributed by atoms with Crippen molar-refractivity contribution in [1.29, 1.82) is 0 Å². The molecule has 0 spiro atoms. The molecule has 0 fully saturated rings. The van der Waals surface area contributed by atoms with Crippen molar-refractivity contribution in [2.24, 2.45) is 0 Å². The van der Waals surface area contributed by atoms with Crippen LogP contribution in [-0.2, 0) is 11.3 Å². The van der Waals surface area contributed by atoms with E-state index in [4.69, 9.17) is 34.8 Å². The Hall–Kier alpha value is -1.69. The van der Waals surface area contributed by atoms with E-state index in [2.05, 4.69) is 9.72 Å². The summed E-state index contributed by atoms with van der Waals surface area (Å²) < 4.78 is 3.89. The van der Waals surface area contributed by atoms with Crippen LogP contribution < -0.4 is 4.57 Å². The number of hydrogen-bond donors (Lipinski definition) is 0. The minimum absolute atomic E-state index is 0.0422. The molecular weight excluding hydrogens is 351 g/mol. The van der Waals surface area contributed by atoms with Crippen LogP contribution in [0.2, 0.25) is 0 Å². The van der Waals surface area contributed by atoms with E-state index in [0.29, 0.717) is 5.56 Å². The number of Topliss-reactive ketones (excluding diaryl/α,β-unsaturated/α-hetero) is 1. The second-order valence-corrected chi connectivity index (χ2v) is 6.42. The van der Waals surface area contributed by atoms with E-state index in [1.54, 1.807) is 30.5 Å². The lowest BCUT2D eigenvalue weighted by atomic mass is 10.1. The van der Waals surface area contributed by atoms with Gasteiger partial charge in [0, 0.05) is 5.56 Å². The van der Waals surface area contributed by atoms with Gasteiger partial charge in [0.25, 0.3) is 0 Å². The van der Waals surface area contributed by atoms with Crippen molar-refractivity contribution in [3.8, 4) is 0 Å². The Kier molecular flexibility index (Phi) is 5.34. The molecule has 114 valence electrons. The number of nitrogens with zero attached hydrogens (tertiary/aromatic N) is 2. The molecule has 0 radical (unpaired) electrons. The SMILES string of the molecule is O=C(C[n+]1ccnc(C(=O)OC(Cl)(Cl)Cl)c1)c1ccccc1. The average molecular weight is 361 g/mol. The van der Waals surface area contributed by atoms with E-state index in [1.807, 2.05) is 6.07 Å². The van der Waals surface area contributed by atoms with E-state index < -0.39 is 9.95 Å². The summed E-state index contributed by atoms with van der Waals surface area (Å²) in [6, 6.07) is 8.79. The zero-order chi connectivity index (χ0) is 16.2. The zero-order valence-electron chi connectivity index (χ0n) is 11.1. The summed E-state index contributed by atoms with van der Waals surface area (Å²) in [7, 11) is 0. The van der Waals surface area contributed by atoms with Gasteiger partial charge in [0.05, 0.1) is 6.20 Å². The summed E-state index contributed by atoms with van der Waals surface area (Å²) in [5.74, 6) is -1.01. The van der Waals surface area contributed by atoms with Crippen LogP contribution in [0.4, 0.5) is 0 Å². The minimum atomic E-state index is -2.17. The molecule has 0 saturated carbocycles. The third kappa shape index (κ3) is 4.94. The van der Waals surface area contributed by atoms with Gasteiger partial charge >= 0.3 is 9.95 Å². The smallest absolute Gasteiger partial charge is 0.366 e. The Morgan fingerprint density at radius 1 is 1.18 bits per heavy atom. The number of ether oxygens (including phenoxy) is 1. The molecule has 0 aliphatic carbocycles. The number of esters is 1. The van der Waals surface area contributed by atoms with Gasteiger partial charge in [-0.25, -0.2) is 9.78 Å². The largest absolute Gasteiger partial charge is 0.410 e.